The molecule has 0 radical (unpaired) electrons. The minimum absolute atomic E-state index is 0.116. The molecule has 2 aromatic rings. The van der Waals surface area contributed by atoms with Gasteiger partial charge in [-0.2, -0.15) is 18.3 Å². The first-order chi connectivity index (χ1) is 12.0. The molecule has 8 heteroatoms. The molecule has 1 aromatic carbocycles. The van der Waals surface area contributed by atoms with Crippen LogP contribution in [0.15, 0.2) is 41.6 Å². The number of benzene rings is 1. The summed E-state index contributed by atoms with van der Waals surface area (Å²) in [6.45, 7) is 3.15. The molecular formula is C18H15ClF3N3O. The standard InChI is InChI=1S/C18H15ClF3N3O/c1-17(2,26)8-7-12-3-5-13(6-4-12)10-24-25-16-15(18(20,21)22)9-14(19)11-23-16/h3-6,9-11,26H,1-2H3,(H,23,25)/b24-10-. The first-order valence-corrected chi connectivity index (χ1v) is 7.80. The highest BCUT2D eigenvalue weighted by Gasteiger charge is 2.34. The summed E-state index contributed by atoms with van der Waals surface area (Å²) in [5.41, 5.74) is 1.52. The van der Waals surface area contributed by atoms with Gasteiger partial charge in [-0.25, -0.2) is 4.98 Å². The zero-order valence-corrected chi connectivity index (χ0v) is 14.7. The third kappa shape index (κ3) is 6.06. The molecule has 0 atom stereocenters. The van der Waals surface area contributed by atoms with Crippen molar-refractivity contribution in [2.24, 2.45) is 5.10 Å². The highest BCUT2D eigenvalue weighted by Crippen LogP contribution is 2.35. The number of alkyl halides is 3. The molecule has 0 spiro atoms. The molecule has 0 bridgehead atoms. The number of aromatic nitrogens is 1. The maximum atomic E-state index is 13.0. The van der Waals surface area contributed by atoms with Gasteiger partial charge < -0.3 is 5.11 Å². The predicted molar refractivity (Wildman–Crippen MR) is 95.1 cm³/mol. The van der Waals surface area contributed by atoms with Crippen LogP contribution in [0.1, 0.15) is 30.5 Å². The second-order valence-electron chi connectivity index (χ2n) is 5.85. The Balaban J connectivity index is 2.11. The van der Waals surface area contributed by atoms with E-state index in [1.54, 1.807) is 38.1 Å². The van der Waals surface area contributed by atoms with Gasteiger partial charge in [0.25, 0.3) is 0 Å². The number of nitrogens with zero attached hydrogens (tertiary/aromatic N) is 2. The van der Waals surface area contributed by atoms with Crippen molar-refractivity contribution in [1.82, 2.24) is 4.98 Å². The Morgan fingerprint density at radius 3 is 2.46 bits per heavy atom. The van der Waals surface area contributed by atoms with Gasteiger partial charge in [0.2, 0.25) is 0 Å². The topological polar surface area (TPSA) is 57.5 Å². The highest BCUT2D eigenvalue weighted by molar-refractivity contribution is 6.30. The van der Waals surface area contributed by atoms with E-state index >= 15 is 0 Å². The molecule has 0 amide bonds. The third-order valence-corrected chi connectivity index (χ3v) is 3.17. The van der Waals surface area contributed by atoms with Crippen LogP contribution in [0, 0.1) is 11.8 Å². The number of halogens is 4. The van der Waals surface area contributed by atoms with E-state index in [4.69, 9.17) is 11.6 Å². The number of hydrazone groups is 1. The van der Waals surface area contributed by atoms with Gasteiger partial charge in [0.15, 0.2) is 5.82 Å². The van der Waals surface area contributed by atoms with Crippen molar-refractivity contribution >= 4 is 23.6 Å². The number of rotatable bonds is 3. The Labute approximate surface area is 153 Å². The van der Waals surface area contributed by atoms with E-state index < -0.39 is 23.2 Å². The van der Waals surface area contributed by atoms with Crippen LogP contribution in [0.2, 0.25) is 5.02 Å². The van der Waals surface area contributed by atoms with Gasteiger partial charge in [0.05, 0.1) is 11.2 Å². The molecule has 0 aliphatic heterocycles. The molecule has 0 aliphatic carbocycles. The van der Waals surface area contributed by atoms with E-state index in [0.717, 1.165) is 12.3 Å². The fourth-order valence-corrected chi connectivity index (χ4v) is 1.95. The molecule has 2 rings (SSSR count). The summed E-state index contributed by atoms with van der Waals surface area (Å²) in [5, 5.41) is 13.2. The molecular weight excluding hydrogens is 367 g/mol. The number of hydrogen-bond acceptors (Lipinski definition) is 4. The summed E-state index contributed by atoms with van der Waals surface area (Å²) in [7, 11) is 0. The van der Waals surface area contributed by atoms with Crippen molar-refractivity contribution in [2.45, 2.75) is 25.6 Å². The van der Waals surface area contributed by atoms with Gasteiger partial charge in [-0.15, -0.1) is 0 Å². The van der Waals surface area contributed by atoms with E-state index in [9.17, 15) is 18.3 Å². The minimum Gasteiger partial charge on any atom is -0.378 e. The Bertz CT molecular complexity index is 860. The number of nitrogens with one attached hydrogen (secondary N) is 1. The first kappa shape index (κ1) is 19.8. The van der Waals surface area contributed by atoms with E-state index in [0.29, 0.717) is 11.1 Å². The Morgan fingerprint density at radius 1 is 1.23 bits per heavy atom. The zero-order chi connectivity index (χ0) is 19.4. The van der Waals surface area contributed by atoms with Gasteiger partial charge in [-0.05, 0) is 37.6 Å². The van der Waals surface area contributed by atoms with Crippen LogP contribution in [-0.2, 0) is 6.18 Å². The van der Waals surface area contributed by atoms with Gasteiger partial charge in [-0.3, -0.25) is 5.43 Å². The van der Waals surface area contributed by atoms with E-state index in [-0.39, 0.29) is 5.02 Å². The summed E-state index contributed by atoms with van der Waals surface area (Å²) >= 11 is 5.57. The smallest absolute Gasteiger partial charge is 0.378 e. The molecule has 0 saturated heterocycles. The van der Waals surface area contributed by atoms with Crippen LogP contribution in [0.3, 0.4) is 0 Å². The molecule has 0 fully saturated rings. The largest absolute Gasteiger partial charge is 0.420 e. The van der Waals surface area contributed by atoms with Crippen LogP contribution in [0.25, 0.3) is 0 Å². The lowest BCUT2D eigenvalue weighted by molar-refractivity contribution is -0.137. The molecule has 1 heterocycles. The molecule has 0 aliphatic rings. The third-order valence-electron chi connectivity index (χ3n) is 2.97. The number of hydrogen-bond donors (Lipinski definition) is 2. The van der Waals surface area contributed by atoms with Crippen molar-refractivity contribution in [3.8, 4) is 11.8 Å². The van der Waals surface area contributed by atoms with Crippen LogP contribution >= 0.6 is 11.6 Å². The maximum Gasteiger partial charge on any atom is 0.420 e. The highest BCUT2D eigenvalue weighted by atomic mass is 35.5. The van der Waals surface area contributed by atoms with Gasteiger partial charge >= 0.3 is 6.18 Å². The Kier molecular flexibility index (Phi) is 5.90. The number of aliphatic hydroxyl groups is 1. The van der Waals surface area contributed by atoms with E-state index in [1.165, 1.54) is 6.21 Å². The van der Waals surface area contributed by atoms with Crippen molar-refractivity contribution in [2.75, 3.05) is 5.43 Å². The van der Waals surface area contributed by atoms with Gasteiger partial charge in [0.1, 0.15) is 11.2 Å². The van der Waals surface area contributed by atoms with Crippen LogP contribution in [0.4, 0.5) is 19.0 Å². The number of anilines is 1. The predicted octanol–water partition coefficient (Wildman–Crippen LogP) is 4.32. The fourth-order valence-electron chi connectivity index (χ4n) is 1.79. The van der Waals surface area contributed by atoms with Crippen molar-refractivity contribution in [3.05, 3.63) is 58.2 Å². The molecule has 26 heavy (non-hydrogen) atoms. The lowest BCUT2D eigenvalue weighted by Gasteiger charge is -2.11. The average molecular weight is 382 g/mol. The minimum atomic E-state index is -4.60. The lowest BCUT2D eigenvalue weighted by atomic mass is 10.1. The van der Waals surface area contributed by atoms with Crippen LogP contribution in [-0.4, -0.2) is 21.9 Å². The van der Waals surface area contributed by atoms with Crippen LogP contribution < -0.4 is 5.43 Å². The van der Waals surface area contributed by atoms with Crippen molar-refractivity contribution < 1.29 is 18.3 Å². The van der Waals surface area contributed by atoms with Gasteiger partial charge in [-0.1, -0.05) is 35.6 Å². The maximum absolute atomic E-state index is 13.0. The summed E-state index contributed by atoms with van der Waals surface area (Å²) in [4.78, 5) is 3.62. The molecule has 2 N–H and O–H groups in total. The zero-order valence-electron chi connectivity index (χ0n) is 13.9. The lowest BCUT2D eigenvalue weighted by Crippen LogP contribution is -2.14. The Hall–Kier alpha value is -2.56. The molecule has 1 aromatic heterocycles. The normalized spacial score (nSPS) is 12.0. The Morgan fingerprint density at radius 2 is 1.88 bits per heavy atom. The fraction of sp³-hybridized carbons (Fsp3) is 0.222. The quantitative estimate of drug-likeness (QED) is 0.473. The summed E-state index contributed by atoms with van der Waals surface area (Å²) in [6.07, 6.45) is -2.15. The van der Waals surface area contributed by atoms with Crippen LogP contribution in [0.5, 0.6) is 0 Å². The number of pyridine rings is 1. The summed E-state index contributed by atoms with van der Waals surface area (Å²) in [6, 6.07) is 7.59. The molecule has 136 valence electrons. The van der Waals surface area contributed by atoms with E-state index in [1.807, 2.05) is 0 Å². The molecule has 4 nitrogen and oxygen atoms in total. The van der Waals surface area contributed by atoms with Crippen molar-refractivity contribution in [3.63, 3.8) is 0 Å². The first-order valence-electron chi connectivity index (χ1n) is 7.42. The summed E-state index contributed by atoms with van der Waals surface area (Å²) < 4.78 is 38.9. The van der Waals surface area contributed by atoms with E-state index in [2.05, 4.69) is 27.4 Å². The van der Waals surface area contributed by atoms with Gasteiger partial charge in [0, 0.05) is 11.8 Å². The SMILES string of the molecule is CC(C)(O)C#Cc1ccc(/C=N\Nc2ncc(Cl)cc2C(F)(F)F)cc1. The molecule has 0 unspecified atom stereocenters. The average Bonchev–Trinajstić information content (AvgIpc) is 2.54. The summed E-state index contributed by atoms with van der Waals surface area (Å²) in [5.74, 6) is 5.06. The monoisotopic (exact) mass is 381 g/mol. The second kappa shape index (κ2) is 7.77. The second-order valence-corrected chi connectivity index (χ2v) is 6.28. The van der Waals surface area contributed by atoms with Crippen molar-refractivity contribution in [1.29, 1.82) is 0 Å². The molecule has 0 saturated carbocycles.